The third-order valence-electron chi connectivity index (χ3n) is 3.58. The van der Waals surface area contributed by atoms with Gasteiger partial charge in [-0.3, -0.25) is 4.55 Å². The zero-order valence-corrected chi connectivity index (χ0v) is 20.1. The van der Waals surface area contributed by atoms with Crippen molar-refractivity contribution in [3.8, 4) is 5.75 Å². The fourth-order valence-corrected chi connectivity index (χ4v) is 2.49. The molecule has 0 amide bonds. The zero-order valence-electron chi connectivity index (χ0n) is 19.3. The van der Waals surface area contributed by atoms with E-state index in [1.54, 1.807) is 25.3 Å². The molecule has 0 aliphatic rings. The minimum Gasteiger partial charge on any atom is -0.495 e. The number of aryl methyl sites for hydroxylation is 1. The van der Waals surface area contributed by atoms with Crippen molar-refractivity contribution in [1.29, 1.82) is 0 Å². The second kappa shape index (κ2) is 17.5. The summed E-state index contributed by atoms with van der Waals surface area (Å²) in [5.41, 5.74) is 7.42. The summed E-state index contributed by atoms with van der Waals surface area (Å²) >= 11 is 0. The molecule has 0 bridgehead atoms. The predicted molar refractivity (Wildman–Crippen MR) is 129 cm³/mol. The van der Waals surface area contributed by atoms with Gasteiger partial charge < -0.3 is 10.5 Å². The molecule has 170 valence electrons. The Bertz CT molecular complexity index is 790. The van der Waals surface area contributed by atoms with Crippen LogP contribution in [-0.4, -0.2) is 20.1 Å². The van der Waals surface area contributed by atoms with Gasteiger partial charge in [0.25, 0.3) is 10.1 Å². The molecule has 0 fully saturated rings. The topological polar surface area (TPSA) is 89.6 Å². The van der Waals surface area contributed by atoms with Crippen LogP contribution in [0.5, 0.6) is 5.75 Å². The van der Waals surface area contributed by atoms with E-state index in [0.29, 0.717) is 11.6 Å². The van der Waals surface area contributed by atoms with E-state index in [1.807, 2.05) is 31.2 Å². The first-order chi connectivity index (χ1) is 14.1. The Labute approximate surface area is 183 Å². The van der Waals surface area contributed by atoms with Crippen molar-refractivity contribution in [2.75, 3.05) is 12.8 Å². The van der Waals surface area contributed by atoms with E-state index in [-0.39, 0.29) is 4.90 Å². The molecule has 0 aromatic heterocycles. The summed E-state index contributed by atoms with van der Waals surface area (Å²) in [6, 6.07) is 13.1. The van der Waals surface area contributed by atoms with E-state index in [9.17, 15) is 8.42 Å². The average molecular weight is 438 g/mol. The summed E-state index contributed by atoms with van der Waals surface area (Å²) in [6.45, 7) is 14.3. The van der Waals surface area contributed by atoms with Crippen LogP contribution in [0.4, 0.5) is 5.69 Å². The van der Waals surface area contributed by atoms with Crippen LogP contribution in [0.15, 0.2) is 66.1 Å². The number of allylic oxidation sites excluding steroid dienone is 1. The summed E-state index contributed by atoms with van der Waals surface area (Å²) in [6.07, 6.45) is 5.81. The van der Waals surface area contributed by atoms with Gasteiger partial charge in [-0.1, -0.05) is 70.9 Å². The molecule has 2 rings (SSSR count). The van der Waals surface area contributed by atoms with Crippen molar-refractivity contribution < 1.29 is 17.7 Å². The largest absolute Gasteiger partial charge is 0.495 e. The van der Waals surface area contributed by atoms with E-state index >= 15 is 0 Å². The average Bonchev–Trinajstić information content (AvgIpc) is 2.71. The fourth-order valence-electron chi connectivity index (χ4n) is 1.98. The maximum absolute atomic E-state index is 10.4. The van der Waals surface area contributed by atoms with Crippen molar-refractivity contribution in [1.82, 2.24) is 0 Å². The lowest BCUT2D eigenvalue weighted by molar-refractivity contribution is 0.416. The molecule has 0 aliphatic heterocycles. The second-order valence-electron chi connectivity index (χ2n) is 6.74. The van der Waals surface area contributed by atoms with E-state index in [0.717, 1.165) is 11.3 Å². The number of rotatable bonds is 5. The number of hydrogen-bond donors (Lipinski definition) is 2. The molecule has 2 aromatic rings. The minimum atomic E-state index is -4.00. The third kappa shape index (κ3) is 15.6. The van der Waals surface area contributed by atoms with Crippen LogP contribution in [0, 0.1) is 12.8 Å². The molecular formula is C24H39NO4S. The molecule has 0 saturated heterocycles. The predicted octanol–water partition coefficient (Wildman–Crippen LogP) is 6.54. The molecule has 6 heteroatoms. The standard InChI is InChI=1S/C8H11NO.C7H14.C6H6O3S.C3H8/c1-6-3-4-7(9)8(5-6)10-2;1-4-6-7(3)5-2;7-10(8,9)6-4-2-1-3-5-6;1-3-2/h3-5H,9H2,1-2H3;5,7H,2,4,6H2,1,3H3;1-5H,(H,7,8,9);3H2,1-2H3. The molecule has 0 saturated carbocycles. The lowest BCUT2D eigenvalue weighted by Gasteiger charge is -2.03. The SMILES string of the molecule is C=CC(C)CCC.CCC.COc1cc(C)ccc1N.O=S(=O)(O)c1ccccc1. The van der Waals surface area contributed by atoms with E-state index in [1.165, 1.54) is 31.4 Å². The smallest absolute Gasteiger partial charge is 0.294 e. The Kier molecular flexibility index (Phi) is 17.5. The molecule has 5 nitrogen and oxygen atoms in total. The normalized spacial score (nSPS) is 10.6. The van der Waals surface area contributed by atoms with Crippen LogP contribution in [0.1, 0.15) is 52.5 Å². The highest BCUT2D eigenvalue weighted by atomic mass is 32.2. The van der Waals surface area contributed by atoms with Gasteiger partial charge in [-0.15, -0.1) is 6.58 Å². The van der Waals surface area contributed by atoms with Gasteiger partial charge in [0.2, 0.25) is 0 Å². The van der Waals surface area contributed by atoms with Gasteiger partial charge in [0, 0.05) is 0 Å². The van der Waals surface area contributed by atoms with Crippen LogP contribution in [0.3, 0.4) is 0 Å². The summed E-state index contributed by atoms with van der Waals surface area (Å²) < 4.78 is 34.2. The Morgan fingerprint density at radius 2 is 1.67 bits per heavy atom. The first-order valence-electron chi connectivity index (χ1n) is 10.1. The maximum Gasteiger partial charge on any atom is 0.294 e. The van der Waals surface area contributed by atoms with Crippen LogP contribution in [-0.2, 0) is 10.1 Å². The van der Waals surface area contributed by atoms with Crippen molar-refractivity contribution in [3.05, 3.63) is 66.7 Å². The number of ether oxygens (including phenoxy) is 1. The Morgan fingerprint density at radius 1 is 1.13 bits per heavy atom. The molecule has 0 heterocycles. The number of hydrogen-bond acceptors (Lipinski definition) is 4. The zero-order chi connectivity index (χ0) is 23.6. The van der Waals surface area contributed by atoms with Gasteiger partial charge in [-0.05, 0) is 49.1 Å². The monoisotopic (exact) mass is 437 g/mol. The van der Waals surface area contributed by atoms with E-state index in [4.69, 9.17) is 15.0 Å². The molecule has 3 N–H and O–H groups in total. The van der Waals surface area contributed by atoms with Crippen LogP contribution < -0.4 is 10.5 Å². The first kappa shape index (κ1) is 29.9. The Hall–Kier alpha value is -2.31. The molecule has 1 atom stereocenters. The van der Waals surface area contributed by atoms with Gasteiger partial charge in [0.15, 0.2) is 0 Å². The summed E-state index contributed by atoms with van der Waals surface area (Å²) in [5, 5.41) is 0. The number of nitrogens with two attached hydrogens (primary N) is 1. The number of benzene rings is 2. The number of nitrogen functional groups attached to an aromatic ring is 1. The molecule has 1 unspecified atom stereocenters. The highest BCUT2D eigenvalue weighted by Crippen LogP contribution is 2.21. The number of anilines is 1. The maximum atomic E-state index is 10.4. The van der Waals surface area contributed by atoms with Gasteiger partial charge >= 0.3 is 0 Å². The van der Waals surface area contributed by atoms with Crippen LogP contribution >= 0.6 is 0 Å². The molecule has 30 heavy (non-hydrogen) atoms. The molecule has 0 radical (unpaired) electrons. The van der Waals surface area contributed by atoms with E-state index < -0.39 is 10.1 Å². The summed E-state index contributed by atoms with van der Waals surface area (Å²) in [5.74, 6) is 1.46. The van der Waals surface area contributed by atoms with Crippen LogP contribution in [0.25, 0.3) is 0 Å². The van der Waals surface area contributed by atoms with Gasteiger partial charge in [-0.2, -0.15) is 8.42 Å². The lowest BCUT2D eigenvalue weighted by Crippen LogP contribution is -1.96. The fraction of sp³-hybridized carbons (Fsp3) is 0.417. The summed E-state index contributed by atoms with van der Waals surface area (Å²) in [4.78, 5) is -0.0741. The van der Waals surface area contributed by atoms with Gasteiger partial charge in [0.05, 0.1) is 17.7 Å². The molecule has 2 aromatic carbocycles. The molecule has 0 spiro atoms. The van der Waals surface area contributed by atoms with Crippen molar-refractivity contribution in [2.24, 2.45) is 5.92 Å². The van der Waals surface area contributed by atoms with Crippen molar-refractivity contribution >= 4 is 15.8 Å². The third-order valence-corrected chi connectivity index (χ3v) is 4.44. The van der Waals surface area contributed by atoms with Crippen LogP contribution in [0.2, 0.25) is 0 Å². The quantitative estimate of drug-likeness (QED) is 0.315. The highest BCUT2D eigenvalue weighted by Gasteiger charge is 2.05. The minimum absolute atomic E-state index is 0.0741. The lowest BCUT2D eigenvalue weighted by atomic mass is 10.1. The van der Waals surface area contributed by atoms with Gasteiger partial charge in [-0.25, -0.2) is 0 Å². The Balaban J connectivity index is 0. The Morgan fingerprint density at radius 3 is 1.97 bits per heavy atom. The van der Waals surface area contributed by atoms with Crippen molar-refractivity contribution in [3.63, 3.8) is 0 Å². The molecular weight excluding hydrogens is 398 g/mol. The van der Waals surface area contributed by atoms with Crippen molar-refractivity contribution in [2.45, 2.75) is 58.8 Å². The molecule has 0 aliphatic carbocycles. The highest BCUT2D eigenvalue weighted by molar-refractivity contribution is 7.85. The number of methoxy groups -OCH3 is 1. The summed E-state index contributed by atoms with van der Waals surface area (Å²) in [7, 11) is -2.39. The first-order valence-corrected chi connectivity index (χ1v) is 11.6. The van der Waals surface area contributed by atoms with E-state index in [2.05, 4.69) is 34.3 Å². The van der Waals surface area contributed by atoms with Gasteiger partial charge in [0.1, 0.15) is 5.75 Å². The second-order valence-corrected chi connectivity index (χ2v) is 8.16.